The summed E-state index contributed by atoms with van der Waals surface area (Å²) in [5, 5.41) is 51.5. The second-order valence-electron chi connectivity index (χ2n) is 6.58. The van der Waals surface area contributed by atoms with Crippen LogP contribution >= 0.6 is 0 Å². The third-order valence-corrected chi connectivity index (χ3v) is 3.12. The van der Waals surface area contributed by atoms with Crippen LogP contribution in [0.5, 0.6) is 0 Å². The Hall–Kier alpha value is -0.150. The summed E-state index contributed by atoms with van der Waals surface area (Å²) in [7, 11) is 0.750. The Balaban J connectivity index is -0.000000239. The molecule has 0 unspecified atom stereocenters. The fourth-order valence-corrected chi connectivity index (χ4v) is 0.0272. The summed E-state index contributed by atoms with van der Waals surface area (Å²) in [6.07, 6.45) is 0. The highest BCUT2D eigenvalue weighted by Gasteiger charge is 2.32. The molecule has 0 bridgehead atoms. The van der Waals surface area contributed by atoms with Crippen LogP contribution in [0.25, 0.3) is 0 Å². The number of hydrogen-bond acceptors (Lipinski definition) is 7. The third-order valence-electron chi connectivity index (χ3n) is 3.12. The van der Waals surface area contributed by atoms with Crippen molar-refractivity contribution in [1.82, 2.24) is 0 Å². The Morgan fingerprint density at radius 3 is 0.667 bits per heavy atom. The fraction of sp³-hybridized carbons (Fsp3) is 1.00. The first-order chi connectivity index (χ1) is 8.91. The van der Waals surface area contributed by atoms with Gasteiger partial charge in [0.05, 0.1) is 22.4 Å². The standard InChI is InChI=1S/2C6H14O2.B2H2O3/c2*1-5(2,7)6(3,4)8;3-1-5-2-4/h2*7-8H,1-4H3;3-4H. The molecule has 0 rings (SSSR count). The SMILES string of the molecule is CC(C)(O)C(C)(C)O.CC(C)(O)C(C)(C)O.O[B]O[B]O. The van der Waals surface area contributed by atoms with Crippen LogP contribution in [0.4, 0.5) is 0 Å². The summed E-state index contributed by atoms with van der Waals surface area (Å²) in [6, 6.07) is 0. The van der Waals surface area contributed by atoms with E-state index in [-0.39, 0.29) is 0 Å². The van der Waals surface area contributed by atoms with Gasteiger partial charge in [0.25, 0.3) is 0 Å². The summed E-state index contributed by atoms with van der Waals surface area (Å²) in [5.74, 6) is 0. The summed E-state index contributed by atoms with van der Waals surface area (Å²) in [6.45, 7) is 12.6. The van der Waals surface area contributed by atoms with Crippen LogP contribution in [0.3, 0.4) is 0 Å². The second-order valence-corrected chi connectivity index (χ2v) is 6.58. The molecule has 0 saturated heterocycles. The topological polar surface area (TPSA) is 131 Å². The first-order valence-corrected chi connectivity index (χ1v) is 6.38. The summed E-state index contributed by atoms with van der Waals surface area (Å²) < 4.78 is 3.69. The van der Waals surface area contributed by atoms with E-state index in [4.69, 9.17) is 30.5 Å². The van der Waals surface area contributed by atoms with Gasteiger partial charge in [-0.15, -0.1) is 0 Å². The van der Waals surface area contributed by atoms with Crippen molar-refractivity contribution in [2.45, 2.75) is 77.8 Å². The van der Waals surface area contributed by atoms with Gasteiger partial charge in [-0.3, -0.25) is 0 Å². The monoisotopic (exact) mass is 308 g/mol. The van der Waals surface area contributed by atoms with Crippen molar-refractivity contribution in [2.24, 2.45) is 0 Å². The molecule has 0 aliphatic carbocycles. The highest BCUT2D eigenvalue weighted by Crippen LogP contribution is 2.19. The van der Waals surface area contributed by atoms with Gasteiger partial charge in [-0.2, -0.15) is 0 Å². The Kier molecular flexibility index (Phi) is 12.0. The maximum absolute atomic E-state index is 9.10. The molecule has 2 radical (unpaired) electrons. The maximum Gasteiger partial charge on any atom is 0.469 e. The van der Waals surface area contributed by atoms with Crippen molar-refractivity contribution in [3.05, 3.63) is 0 Å². The Morgan fingerprint density at radius 2 is 0.667 bits per heavy atom. The quantitative estimate of drug-likeness (QED) is 0.372. The van der Waals surface area contributed by atoms with Crippen LogP contribution in [-0.2, 0) is 4.57 Å². The zero-order valence-corrected chi connectivity index (χ0v) is 14.2. The normalized spacial score (nSPS) is 12.5. The smallest absolute Gasteiger partial charge is 0.456 e. The van der Waals surface area contributed by atoms with E-state index in [1.807, 2.05) is 0 Å². The predicted molar refractivity (Wildman–Crippen MR) is 82.2 cm³/mol. The summed E-state index contributed by atoms with van der Waals surface area (Å²) in [4.78, 5) is 0. The van der Waals surface area contributed by atoms with Crippen molar-refractivity contribution >= 4 is 15.4 Å². The second kappa shape index (κ2) is 9.78. The minimum Gasteiger partial charge on any atom is -0.456 e. The Morgan fingerprint density at radius 1 is 0.524 bits per heavy atom. The van der Waals surface area contributed by atoms with Crippen LogP contribution < -0.4 is 0 Å². The van der Waals surface area contributed by atoms with Crippen molar-refractivity contribution in [3.63, 3.8) is 0 Å². The zero-order chi connectivity index (χ0) is 18.1. The lowest BCUT2D eigenvalue weighted by Gasteiger charge is -2.31. The molecule has 126 valence electrons. The van der Waals surface area contributed by atoms with Crippen LogP contribution in [0, 0.1) is 0 Å². The third kappa shape index (κ3) is 16.1. The molecular weight excluding hydrogens is 278 g/mol. The molecule has 9 heteroatoms. The number of rotatable bonds is 4. The summed E-state index contributed by atoms with van der Waals surface area (Å²) in [5.41, 5.74) is -4.03. The lowest BCUT2D eigenvalue weighted by atomic mass is 9.90. The van der Waals surface area contributed by atoms with E-state index in [1.54, 1.807) is 55.4 Å². The first-order valence-electron chi connectivity index (χ1n) is 6.38. The highest BCUT2D eigenvalue weighted by molar-refractivity contribution is 6.32. The van der Waals surface area contributed by atoms with Gasteiger partial charge >= 0.3 is 15.4 Å². The molecular formula is C12H30B2O7. The molecule has 0 aliphatic rings. The molecule has 0 atom stereocenters. The highest BCUT2D eigenvalue weighted by atomic mass is 16.5. The van der Waals surface area contributed by atoms with Gasteiger partial charge in [0.1, 0.15) is 0 Å². The molecule has 0 saturated carbocycles. The molecule has 0 aromatic carbocycles. The van der Waals surface area contributed by atoms with Crippen LogP contribution in [0.1, 0.15) is 55.4 Å². The average Bonchev–Trinajstić information content (AvgIpc) is 2.13. The van der Waals surface area contributed by atoms with E-state index in [2.05, 4.69) is 4.57 Å². The molecule has 0 aromatic rings. The lowest BCUT2D eigenvalue weighted by molar-refractivity contribution is -0.107. The average molecular weight is 308 g/mol. The van der Waals surface area contributed by atoms with E-state index < -0.39 is 22.4 Å². The molecule has 0 spiro atoms. The van der Waals surface area contributed by atoms with Gasteiger partial charge in [-0.1, -0.05) is 0 Å². The molecule has 0 amide bonds. The molecule has 21 heavy (non-hydrogen) atoms. The van der Waals surface area contributed by atoms with Crippen LogP contribution in [-0.4, -0.2) is 68.2 Å². The van der Waals surface area contributed by atoms with Crippen molar-refractivity contribution in [1.29, 1.82) is 0 Å². The number of hydrogen-bond donors (Lipinski definition) is 6. The van der Waals surface area contributed by atoms with E-state index >= 15 is 0 Å². The van der Waals surface area contributed by atoms with Gasteiger partial charge in [-0.25, -0.2) is 0 Å². The van der Waals surface area contributed by atoms with E-state index in [1.165, 1.54) is 0 Å². The van der Waals surface area contributed by atoms with Crippen molar-refractivity contribution in [2.75, 3.05) is 0 Å². The van der Waals surface area contributed by atoms with Crippen LogP contribution in [0.15, 0.2) is 0 Å². The largest absolute Gasteiger partial charge is 0.469 e. The Labute approximate surface area is 129 Å². The minimum atomic E-state index is -1.01. The zero-order valence-electron chi connectivity index (χ0n) is 14.2. The Bertz CT molecular complexity index is 196. The van der Waals surface area contributed by atoms with Crippen LogP contribution in [0.2, 0.25) is 0 Å². The van der Waals surface area contributed by atoms with Gasteiger partial charge in [0.15, 0.2) is 0 Å². The molecule has 0 aromatic heterocycles. The molecule has 7 nitrogen and oxygen atoms in total. The van der Waals surface area contributed by atoms with E-state index in [9.17, 15) is 0 Å². The fourth-order valence-electron chi connectivity index (χ4n) is 0.0272. The molecule has 6 N–H and O–H groups in total. The molecule has 0 aliphatic heterocycles. The van der Waals surface area contributed by atoms with Gasteiger partial charge in [-0.05, 0) is 55.4 Å². The van der Waals surface area contributed by atoms with Gasteiger partial charge < -0.3 is 35.0 Å². The van der Waals surface area contributed by atoms with Gasteiger partial charge in [0, 0.05) is 0 Å². The first kappa shape index (κ1) is 25.8. The molecule has 0 heterocycles. The maximum atomic E-state index is 9.10. The van der Waals surface area contributed by atoms with E-state index in [0.717, 1.165) is 0 Å². The van der Waals surface area contributed by atoms with Crippen molar-refractivity contribution in [3.8, 4) is 0 Å². The van der Waals surface area contributed by atoms with Crippen molar-refractivity contribution < 1.29 is 35.0 Å². The van der Waals surface area contributed by atoms with Gasteiger partial charge in [0.2, 0.25) is 0 Å². The number of aliphatic hydroxyl groups is 4. The lowest BCUT2D eigenvalue weighted by Crippen LogP contribution is -2.44. The van der Waals surface area contributed by atoms with E-state index in [0.29, 0.717) is 15.4 Å². The minimum absolute atomic E-state index is 0.375. The molecule has 0 fully saturated rings. The predicted octanol–water partition coefficient (Wildman–Crippen LogP) is -0.888. The summed E-state index contributed by atoms with van der Waals surface area (Å²) >= 11 is 0.